The second kappa shape index (κ2) is 21.0. The molecule has 0 aromatic heterocycles. The van der Waals surface area contributed by atoms with Gasteiger partial charge in [0.25, 0.3) is 0 Å². The maximum absolute atomic E-state index is 2.35. The third-order valence-electron chi connectivity index (χ3n) is 5.65. The molecule has 0 heteroatoms. The molecular weight excluding hydrogens is 288 g/mol. The first kappa shape index (κ1) is 24.0. The molecule has 0 heterocycles. The molecule has 0 aliphatic rings. The Bertz CT molecular complexity index is 208. The van der Waals surface area contributed by atoms with E-state index in [1.165, 1.54) is 128 Å². The molecule has 0 radical (unpaired) electrons. The van der Waals surface area contributed by atoms with E-state index in [9.17, 15) is 0 Å². The van der Waals surface area contributed by atoms with Crippen molar-refractivity contribution in [2.75, 3.05) is 0 Å². The molecule has 0 aromatic rings. The Morgan fingerprint density at radius 3 is 1.00 bits per heavy atom. The van der Waals surface area contributed by atoms with Crippen LogP contribution in [0.25, 0.3) is 0 Å². The van der Waals surface area contributed by atoms with E-state index in [-0.39, 0.29) is 0 Å². The molecule has 0 nitrogen and oxygen atoms in total. The Morgan fingerprint density at radius 1 is 0.333 bits per heavy atom. The lowest BCUT2D eigenvalue weighted by molar-refractivity contribution is 0.370. The molecule has 0 rings (SSSR count). The fourth-order valence-electron chi connectivity index (χ4n) is 3.88. The second-order valence-corrected chi connectivity index (χ2v) is 8.18. The van der Waals surface area contributed by atoms with Gasteiger partial charge in [-0.25, -0.2) is 0 Å². The molecule has 0 fully saturated rings. The van der Waals surface area contributed by atoms with Crippen LogP contribution in [-0.2, 0) is 0 Å². The number of hydrogen-bond donors (Lipinski definition) is 0. The zero-order valence-corrected chi connectivity index (χ0v) is 17.7. The molecule has 1 unspecified atom stereocenters. The van der Waals surface area contributed by atoms with Gasteiger partial charge in [0.05, 0.1) is 0 Å². The van der Waals surface area contributed by atoms with Crippen molar-refractivity contribution in [2.45, 2.75) is 149 Å². The van der Waals surface area contributed by atoms with Gasteiger partial charge in [-0.1, -0.05) is 149 Å². The van der Waals surface area contributed by atoms with Crippen molar-refractivity contribution in [2.24, 2.45) is 5.92 Å². The molecule has 0 aromatic carbocycles. The smallest absolute Gasteiger partial charge is 0.0414 e. The lowest BCUT2D eigenvalue weighted by Gasteiger charge is -2.16. The van der Waals surface area contributed by atoms with Gasteiger partial charge in [0.2, 0.25) is 0 Å². The molecule has 0 spiro atoms. The van der Waals surface area contributed by atoms with Crippen LogP contribution in [0.4, 0.5) is 0 Å². The third kappa shape index (κ3) is 18.3. The second-order valence-electron chi connectivity index (χ2n) is 8.18. The standard InChI is InChI=1S/C24H50/c1-4-7-10-12-14-16-18-20-23-24(21-9-6-3)22-19-17-15-13-11-8-5-2/h24H,4-23H2,1-3H3. The van der Waals surface area contributed by atoms with Crippen LogP contribution in [0.1, 0.15) is 149 Å². The first-order chi connectivity index (χ1) is 11.8. The van der Waals surface area contributed by atoms with Crippen LogP contribution in [0.2, 0.25) is 0 Å². The lowest BCUT2D eigenvalue weighted by Crippen LogP contribution is -2.01. The van der Waals surface area contributed by atoms with E-state index >= 15 is 0 Å². The van der Waals surface area contributed by atoms with Crippen molar-refractivity contribution in [3.05, 3.63) is 0 Å². The molecule has 0 saturated heterocycles. The normalized spacial score (nSPS) is 12.6. The minimum atomic E-state index is 1.04. The molecule has 0 aliphatic heterocycles. The van der Waals surface area contributed by atoms with Crippen LogP contribution in [-0.4, -0.2) is 0 Å². The van der Waals surface area contributed by atoms with Crippen LogP contribution >= 0.6 is 0 Å². The summed E-state index contributed by atoms with van der Waals surface area (Å²) in [5.74, 6) is 1.04. The van der Waals surface area contributed by atoms with Gasteiger partial charge < -0.3 is 0 Å². The molecule has 0 saturated carbocycles. The predicted molar refractivity (Wildman–Crippen MR) is 113 cm³/mol. The zero-order valence-electron chi connectivity index (χ0n) is 17.7. The highest BCUT2D eigenvalue weighted by Crippen LogP contribution is 2.24. The van der Waals surface area contributed by atoms with E-state index in [0.717, 1.165) is 5.92 Å². The quantitative estimate of drug-likeness (QED) is 0.194. The van der Waals surface area contributed by atoms with Gasteiger partial charge in [0.1, 0.15) is 0 Å². The Kier molecular flexibility index (Phi) is 21.0. The van der Waals surface area contributed by atoms with E-state index < -0.39 is 0 Å². The first-order valence-electron chi connectivity index (χ1n) is 11.8. The Hall–Kier alpha value is 0. The molecule has 1 atom stereocenters. The van der Waals surface area contributed by atoms with Crippen LogP contribution in [0.15, 0.2) is 0 Å². The fraction of sp³-hybridized carbons (Fsp3) is 1.00. The summed E-state index contributed by atoms with van der Waals surface area (Å²) in [4.78, 5) is 0. The number of unbranched alkanes of at least 4 members (excludes halogenated alkanes) is 14. The zero-order chi connectivity index (χ0) is 17.7. The summed E-state index contributed by atoms with van der Waals surface area (Å²) in [6, 6.07) is 0. The van der Waals surface area contributed by atoms with E-state index in [4.69, 9.17) is 0 Å². The Labute approximate surface area is 155 Å². The van der Waals surface area contributed by atoms with Crippen LogP contribution in [0.5, 0.6) is 0 Å². The summed E-state index contributed by atoms with van der Waals surface area (Å²) in [6.07, 6.45) is 29.3. The van der Waals surface area contributed by atoms with Gasteiger partial charge in [0, 0.05) is 0 Å². The maximum Gasteiger partial charge on any atom is -0.0414 e. The SMILES string of the molecule is CCCCCCCCCCC(CCCC)CCCCCCCCC. The third-order valence-corrected chi connectivity index (χ3v) is 5.65. The molecule has 0 amide bonds. The minimum Gasteiger partial charge on any atom is -0.0654 e. The summed E-state index contributed by atoms with van der Waals surface area (Å²) in [5, 5.41) is 0. The van der Waals surface area contributed by atoms with Crippen LogP contribution in [0.3, 0.4) is 0 Å². The summed E-state index contributed by atoms with van der Waals surface area (Å²) in [5.41, 5.74) is 0. The molecule has 24 heavy (non-hydrogen) atoms. The highest BCUT2D eigenvalue weighted by Gasteiger charge is 2.08. The average molecular weight is 339 g/mol. The monoisotopic (exact) mass is 338 g/mol. The summed E-state index contributed by atoms with van der Waals surface area (Å²) in [7, 11) is 0. The molecule has 0 bridgehead atoms. The summed E-state index contributed by atoms with van der Waals surface area (Å²) in [6.45, 7) is 6.96. The molecule has 0 N–H and O–H groups in total. The minimum absolute atomic E-state index is 1.04. The number of hydrogen-bond acceptors (Lipinski definition) is 0. The highest BCUT2D eigenvalue weighted by molar-refractivity contribution is 4.61. The van der Waals surface area contributed by atoms with Crippen molar-refractivity contribution in [1.29, 1.82) is 0 Å². The Balaban J connectivity index is 3.55. The largest absolute Gasteiger partial charge is 0.0654 e. The highest BCUT2D eigenvalue weighted by atomic mass is 14.1. The van der Waals surface area contributed by atoms with Crippen molar-refractivity contribution >= 4 is 0 Å². The van der Waals surface area contributed by atoms with Crippen LogP contribution in [0, 0.1) is 5.92 Å². The molecule has 0 aliphatic carbocycles. The van der Waals surface area contributed by atoms with Gasteiger partial charge in [-0.05, 0) is 5.92 Å². The van der Waals surface area contributed by atoms with Gasteiger partial charge in [0.15, 0.2) is 0 Å². The van der Waals surface area contributed by atoms with E-state index in [0.29, 0.717) is 0 Å². The maximum atomic E-state index is 2.35. The van der Waals surface area contributed by atoms with Crippen molar-refractivity contribution < 1.29 is 0 Å². The average Bonchev–Trinajstić information content (AvgIpc) is 2.60. The van der Waals surface area contributed by atoms with Gasteiger partial charge in [-0.2, -0.15) is 0 Å². The summed E-state index contributed by atoms with van der Waals surface area (Å²) >= 11 is 0. The molecular formula is C24H50. The lowest BCUT2D eigenvalue weighted by atomic mass is 9.90. The number of rotatable bonds is 20. The van der Waals surface area contributed by atoms with Gasteiger partial charge in [-0.15, -0.1) is 0 Å². The van der Waals surface area contributed by atoms with Crippen molar-refractivity contribution in [1.82, 2.24) is 0 Å². The topological polar surface area (TPSA) is 0 Å². The van der Waals surface area contributed by atoms with E-state index in [2.05, 4.69) is 20.8 Å². The van der Waals surface area contributed by atoms with Gasteiger partial charge in [-0.3, -0.25) is 0 Å². The van der Waals surface area contributed by atoms with E-state index in [1.54, 1.807) is 0 Å². The van der Waals surface area contributed by atoms with Crippen molar-refractivity contribution in [3.63, 3.8) is 0 Å². The first-order valence-corrected chi connectivity index (χ1v) is 11.8. The summed E-state index contributed by atoms with van der Waals surface area (Å²) < 4.78 is 0. The predicted octanol–water partition coefficient (Wildman–Crippen LogP) is 9.46. The molecule has 146 valence electrons. The van der Waals surface area contributed by atoms with Gasteiger partial charge >= 0.3 is 0 Å². The van der Waals surface area contributed by atoms with Crippen LogP contribution < -0.4 is 0 Å². The Morgan fingerprint density at radius 2 is 0.625 bits per heavy atom. The van der Waals surface area contributed by atoms with E-state index in [1.807, 2.05) is 0 Å². The van der Waals surface area contributed by atoms with Crippen molar-refractivity contribution in [3.8, 4) is 0 Å². The fourth-order valence-corrected chi connectivity index (χ4v) is 3.88.